The van der Waals surface area contributed by atoms with Gasteiger partial charge >= 0.3 is 21.5 Å². The molecule has 0 aliphatic heterocycles. The van der Waals surface area contributed by atoms with Crippen molar-refractivity contribution in [3.05, 3.63) is 42.5 Å². The van der Waals surface area contributed by atoms with E-state index in [1.165, 1.54) is 0 Å². The van der Waals surface area contributed by atoms with Crippen LogP contribution in [0.1, 0.15) is 0 Å². The highest BCUT2D eigenvalue weighted by molar-refractivity contribution is 7.86. The summed E-state index contributed by atoms with van der Waals surface area (Å²) in [4.78, 5) is 26.1. The second-order valence-corrected chi connectivity index (χ2v) is 4.42. The minimum Gasteiger partial charge on any atom is -0.412 e. The van der Waals surface area contributed by atoms with Gasteiger partial charge < -0.3 is 5.48 Å². The molecule has 0 fully saturated rings. The van der Waals surface area contributed by atoms with Gasteiger partial charge in [0.1, 0.15) is 0 Å². The van der Waals surface area contributed by atoms with Crippen molar-refractivity contribution < 1.29 is 33.2 Å². The number of non-ortho nitro benzene ring substituents is 1. The summed E-state index contributed by atoms with van der Waals surface area (Å²) in [7, 11) is -5.30. The van der Waals surface area contributed by atoms with Crippen LogP contribution in [0.5, 0.6) is 0 Å². The van der Waals surface area contributed by atoms with Crippen LogP contribution in [0.2, 0.25) is 0 Å². The summed E-state index contributed by atoms with van der Waals surface area (Å²) in [5.74, 6) is 0. The molecule has 0 saturated carbocycles. The summed E-state index contributed by atoms with van der Waals surface area (Å²) in [6, 6.07) is 0.409. The lowest BCUT2D eigenvalue weighted by atomic mass is 10.2. The Hall–Kier alpha value is -2.71. The number of hydrogen-bond acceptors (Lipinski definition) is 8. The first kappa shape index (κ1) is 17.3. The molecule has 110 valence electrons. The Morgan fingerprint density at radius 2 is 1.25 bits per heavy atom. The maximum atomic E-state index is 10.9. The third kappa shape index (κ3) is 3.19. The third-order valence-corrected chi connectivity index (χ3v) is 2.83. The SMILES string of the molecule is O.O=[N+]([O-])c1cc([N+](=O)[O-])c(S(=O)(=O)O)c([N+](=O)[O-])c1. The molecule has 13 nitrogen and oxygen atoms in total. The molecule has 1 aromatic carbocycles. The van der Waals surface area contributed by atoms with Crippen LogP contribution in [0.3, 0.4) is 0 Å². The van der Waals surface area contributed by atoms with E-state index in [0.29, 0.717) is 0 Å². The van der Waals surface area contributed by atoms with Crippen molar-refractivity contribution in [2.45, 2.75) is 4.90 Å². The Bertz CT molecular complexity index is 660. The lowest BCUT2D eigenvalue weighted by Crippen LogP contribution is -2.08. The second kappa shape index (κ2) is 5.51. The molecular weight excluding hydrogens is 306 g/mol. The van der Waals surface area contributed by atoms with E-state index in [0.717, 1.165) is 0 Å². The Balaban J connectivity index is 0.00000361. The van der Waals surface area contributed by atoms with Crippen LogP contribution < -0.4 is 0 Å². The predicted molar refractivity (Wildman–Crippen MR) is 59.8 cm³/mol. The lowest BCUT2D eigenvalue weighted by molar-refractivity contribution is -0.407. The van der Waals surface area contributed by atoms with E-state index in [-0.39, 0.29) is 17.6 Å². The van der Waals surface area contributed by atoms with Gasteiger partial charge in [-0.3, -0.25) is 34.9 Å². The van der Waals surface area contributed by atoms with Crippen molar-refractivity contribution in [2.75, 3.05) is 0 Å². The van der Waals surface area contributed by atoms with Gasteiger partial charge in [0.25, 0.3) is 5.69 Å². The summed E-state index contributed by atoms with van der Waals surface area (Å²) in [6.45, 7) is 0. The molecule has 1 aromatic rings. The van der Waals surface area contributed by atoms with Crippen LogP contribution in [0, 0.1) is 30.3 Å². The summed E-state index contributed by atoms with van der Waals surface area (Å²) in [5.41, 5.74) is -3.96. The van der Waals surface area contributed by atoms with E-state index < -0.39 is 46.8 Å². The molecule has 0 bridgehead atoms. The Kier molecular flexibility index (Phi) is 4.76. The van der Waals surface area contributed by atoms with Gasteiger partial charge in [0.05, 0.1) is 26.9 Å². The number of nitro groups is 3. The van der Waals surface area contributed by atoms with Gasteiger partial charge in [0.2, 0.25) is 4.90 Å². The largest absolute Gasteiger partial charge is 0.412 e. The van der Waals surface area contributed by atoms with E-state index >= 15 is 0 Å². The van der Waals surface area contributed by atoms with Gasteiger partial charge in [0.15, 0.2) is 0 Å². The molecule has 0 spiro atoms. The first-order valence-electron chi connectivity index (χ1n) is 4.14. The first-order valence-corrected chi connectivity index (χ1v) is 5.58. The van der Waals surface area contributed by atoms with Gasteiger partial charge in [-0.05, 0) is 0 Å². The molecule has 0 heterocycles. The average molecular weight is 311 g/mol. The minimum atomic E-state index is -5.30. The molecule has 0 unspecified atom stereocenters. The fraction of sp³-hybridized carbons (Fsp3) is 0. The molecule has 0 atom stereocenters. The summed E-state index contributed by atoms with van der Waals surface area (Å²) in [6.07, 6.45) is 0. The zero-order valence-electron chi connectivity index (χ0n) is 9.12. The zero-order chi connectivity index (χ0) is 15.0. The molecule has 3 N–H and O–H groups in total. The number of hydrogen-bond donors (Lipinski definition) is 1. The average Bonchev–Trinajstić information content (AvgIpc) is 2.25. The monoisotopic (exact) mass is 311 g/mol. The van der Waals surface area contributed by atoms with Crippen LogP contribution >= 0.6 is 0 Å². The number of nitro benzene ring substituents is 3. The highest BCUT2D eigenvalue weighted by atomic mass is 32.2. The van der Waals surface area contributed by atoms with Crippen molar-refractivity contribution in [1.82, 2.24) is 0 Å². The van der Waals surface area contributed by atoms with Gasteiger partial charge in [-0.25, -0.2) is 0 Å². The number of rotatable bonds is 4. The standard InChI is InChI=1S/C6H3N3O9S.H2O/c10-7(11)3-1-4(8(12)13)6(19(16,17)18)5(2-3)9(14)15;/h1-2H,(H,16,17,18);1H2. The van der Waals surface area contributed by atoms with Gasteiger partial charge in [-0.15, -0.1) is 0 Å². The highest BCUT2D eigenvalue weighted by Crippen LogP contribution is 2.36. The fourth-order valence-corrected chi connectivity index (χ4v) is 2.02. The van der Waals surface area contributed by atoms with E-state index in [2.05, 4.69) is 0 Å². The predicted octanol–water partition coefficient (Wildman–Crippen LogP) is -0.167. The maximum Gasteiger partial charge on any atom is 0.308 e. The maximum absolute atomic E-state index is 10.9. The highest BCUT2D eigenvalue weighted by Gasteiger charge is 2.37. The van der Waals surface area contributed by atoms with Gasteiger partial charge in [0, 0.05) is 0 Å². The van der Waals surface area contributed by atoms with Crippen LogP contribution in [0.4, 0.5) is 17.1 Å². The molecule has 1 rings (SSSR count). The van der Waals surface area contributed by atoms with Crippen molar-refractivity contribution in [3.63, 3.8) is 0 Å². The smallest absolute Gasteiger partial charge is 0.308 e. The quantitative estimate of drug-likeness (QED) is 0.442. The summed E-state index contributed by atoms with van der Waals surface area (Å²) < 4.78 is 30.7. The van der Waals surface area contributed by atoms with Crippen molar-refractivity contribution in [2.24, 2.45) is 0 Å². The minimum absolute atomic E-state index is 0. The fourth-order valence-electron chi connectivity index (χ4n) is 1.23. The van der Waals surface area contributed by atoms with Gasteiger partial charge in [-0.1, -0.05) is 0 Å². The van der Waals surface area contributed by atoms with Gasteiger partial charge in [-0.2, -0.15) is 8.42 Å². The molecule has 0 amide bonds. The lowest BCUT2D eigenvalue weighted by Gasteiger charge is -2.01. The van der Waals surface area contributed by atoms with Crippen LogP contribution in [0.15, 0.2) is 17.0 Å². The molecule has 0 radical (unpaired) electrons. The molecule has 0 aliphatic carbocycles. The summed E-state index contributed by atoms with van der Waals surface area (Å²) >= 11 is 0. The van der Waals surface area contributed by atoms with Crippen LogP contribution in [-0.2, 0) is 10.1 Å². The van der Waals surface area contributed by atoms with E-state index in [1.54, 1.807) is 0 Å². The Labute approximate surface area is 108 Å². The number of benzene rings is 1. The topological polar surface area (TPSA) is 215 Å². The molecule has 0 aromatic heterocycles. The molecule has 0 aliphatic rings. The summed E-state index contributed by atoms with van der Waals surface area (Å²) in [5, 5.41) is 31.7. The van der Waals surface area contributed by atoms with Crippen molar-refractivity contribution in [1.29, 1.82) is 0 Å². The van der Waals surface area contributed by atoms with E-state index in [4.69, 9.17) is 4.55 Å². The zero-order valence-corrected chi connectivity index (χ0v) is 9.93. The first-order chi connectivity index (χ1) is 8.55. The normalized spacial score (nSPS) is 10.4. The van der Waals surface area contributed by atoms with E-state index in [1.807, 2.05) is 0 Å². The molecular formula is C6H5N3O10S. The Morgan fingerprint density at radius 1 is 0.900 bits per heavy atom. The molecule has 0 saturated heterocycles. The Morgan fingerprint density at radius 3 is 1.45 bits per heavy atom. The van der Waals surface area contributed by atoms with Crippen molar-refractivity contribution in [3.8, 4) is 0 Å². The second-order valence-electron chi connectivity index (χ2n) is 3.06. The van der Waals surface area contributed by atoms with Crippen molar-refractivity contribution >= 4 is 27.2 Å². The van der Waals surface area contributed by atoms with Crippen LogP contribution in [0.25, 0.3) is 0 Å². The number of nitrogens with zero attached hydrogens (tertiary/aromatic N) is 3. The third-order valence-electron chi connectivity index (χ3n) is 1.90. The molecule has 14 heteroatoms. The van der Waals surface area contributed by atoms with Crippen LogP contribution in [-0.4, -0.2) is 33.2 Å². The van der Waals surface area contributed by atoms with E-state index in [9.17, 15) is 38.8 Å². The molecule has 20 heavy (non-hydrogen) atoms.